The van der Waals surface area contributed by atoms with E-state index >= 15 is 0 Å². The van der Waals surface area contributed by atoms with E-state index < -0.39 is 11.6 Å². The molecule has 1 aliphatic rings. The van der Waals surface area contributed by atoms with Crippen LogP contribution >= 0.6 is 31.9 Å². The van der Waals surface area contributed by atoms with Crippen LogP contribution in [0.15, 0.2) is 16.6 Å². The molecule has 0 bridgehead atoms. The molecule has 0 unspecified atom stereocenters. The van der Waals surface area contributed by atoms with Crippen molar-refractivity contribution in [2.75, 3.05) is 5.33 Å². The molecule has 0 nitrogen and oxygen atoms in total. The number of benzene rings is 1. The molecule has 1 fully saturated rings. The number of halogens is 4. The fraction of sp³-hybridized carbons (Fsp3) is 0.455. The lowest BCUT2D eigenvalue weighted by molar-refractivity contribution is 0.502. The van der Waals surface area contributed by atoms with Gasteiger partial charge in [0, 0.05) is 10.9 Å². The van der Waals surface area contributed by atoms with Crippen molar-refractivity contribution in [2.24, 2.45) is 5.41 Å². The van der Waals surface area contributed by atoms with Crippen molar-refractivity contribution < 1.29 is 8.78 Å². The van der Waals surface area contributed by atoms with E-state index in [0.29, 0.717) is 10.9 Å². The molecule has 0 aromatic heterocycles. The summed E-state index contributed by atoms with van der Waals surface area (Å²) < 4.78 is 27.4. The van der Waals surface area contributed by atoms with Crippen molar-refractivity contribution in [2.45, 2.75) is 19.3 Å². The molecule has 0 radical (unpaired) electrons. The molecule has 82 valence electrons. The van der Waals surface area contributed by atoms with Crippen LogP contribution in [0.5, 0.6) is 0 Å². The van der Waals surface area contributed by atoms with Gasteiger partial charge in [0.05, 0.1) is 4.47 Å². The first-order valence-electron chi connectivity index (χ1n) is 4.76. The monoisotopic (exact) mass is 338 g/mol. The van der Waals surface area contributed by atoms with Gasteiger partial charge < -0.3 is 0 Å². The van der Waals surface area contributed by atoms with Gasteiger partial charge in [-0.1, -0.05) is 15.9 Å². The fourth-order valence-electron chi connectivity index (χ4n) is 1.64. The van der Waals surface area contributed by atoms with Gasteiger partial charge in [-0.3, -0.25) is 0 Å². The maximum atomic E-state index is 13.7. The first-order chi connectivity index (χ1) is 7.08. The van der Waals surface area contributed by atoms with Crippen LogP contribution in [0.1, 0.15) is 18.4 Å². The fourth-order valence-corrected chi connectivity index (χ4v) is 2.77. The zero-order valence-corrected chi connectivity index (χ0v) is 11.2. The molecule has 1 aliphatic carbocycles. The number of alkyl halides is 1. The second-order valence-corrected chi connectivity index (χ2v) is 5.55. The summed E-state index contributed by atoms with van der Waals surface area (Å²) in [5.74, 6) is -0.898. The zero-order chi connectivity index (χ0) is 11.1. The lowest BCUT2D eigenvalue weighted by atomic mass is 9.98. The summed E-state index contributed by atoms with van der Waals surface area (Å²) in [5, 5.41) is 0.811. The molecular weight excluding hydrogens is 330 g/mol. The highest BCUT2D eigenvalue weighted by molar-refractivity contribution is 9.10. The molecule has 2 rings (SSSR count). The Morgan fingerprint density at radius 2 is 1.93 bits per heavy atom. The summed E-state index contributed by atoms with van der Waals surface area (Å²) in [6.07, 6.45) is 2.57. The lowest BCUT2D eigenvalue weighted by Gasteiger charge is -2.13. The average Bonchev–Trinajstić information content (AvgIpc) is 3.00. The van der Waals surface area contributed by atoms with E-state index in [-0.39, 0.29) is 11.0 Å². The van der Waals surface area contributed by atoms with Crippen LogP contribution in [0.2, 0.25) is 0 Å². The van der Waals surface area contributed by atoms with Gasteiger partial charge in [-0.2, -0.15) is 0 Å². The van der Waals surface area contributed by atoms with E-state index in [1.807, 2.05) is 0 Å². The van der Waals surface area contributed by atoms with Crippen LogP contribution in [-0.4, -0.2) is 5.33 Å². The highest BCUT2D eigenvalue weighted by atomic mass is 79.9. The zero-order valence-electron chi connectivity index (χ0n) is 7.99. The Balaban J connectivity index is 2.31. The second-order valence-electron chi connectivity index (χ2n) is 4.13. The number of hydrogen-bond acceptors (Lipinski definition) is 0. The quantitative estimate of drug-likeness (QED) is 0.564. The maximum absolute atomic E-state index is 13.7. The van der Waals surface area contributed by atoms with E-state index in [4.69, 9.17) is 0 Å². The van der Waals surface area contributed by atoms with Crippen LogP contribution in [0.4, 0.5) is 8.78 Å². The van der Waals surface area contributed by atoms with Crippen molar-refractivity contribution in [1.82, 2.24) is 0 Å². The number of rotatable bonds is 3. The molecule has 0 saturated heterocycles. The summed E-state index contributed by atoms with van der Waals surface area (Å²) in [6.45, 7) is 0. The SMILES string of the molecule is Fc1ccc(Br)c(F)c1CC1(CBr)CC1. The summed E-state index contributed by atoms with van der Waals surface area (Å²) in [5.41, 5.74) is 0.295. The first-order valence-corrected chi connectivity index (χ1v) is 6.68. The van der Waals surface area contributed by atoms with Crippen molar-refractivity contribution in [3.8, 4) is 0 Å². The largest absolute Gasteiger partial charge is 0.207 e. The Hall–Kier alpha value is 0.0400. The molecule has 15 heavy (non-hydrogen) atoms. The summed E-state index contributed by atoms with van der Waals surface area (Å²) >= 11 is 6.48. The minimum Gasteiger partial charge on any atom is -0.207 e. The van der Waals surface area contributed by atoms with E-state index in [9.17, 15) is 8.78 Å². The van der Waals surface area contributed by atoms with Crippen molar-refractivity contribution >= 4 is 31.9 Å². The third-order valence-corrected chi connectivity index (χ3v) is 4.73. The first kappa shape index (κ1) is 11.5. The third-order valence-electron chi connectivity index (χ3n) is 2.93. The number of hydrogen-bond donors (Lipinski definition) is 0. The molecule has 0 atom stereocenters. The predicted molar refractivity (Wildman–Crippen MR) is 63.2 cm³/mol. The van der Waals surface area contributed by atoms with Crippen LogP contribution in [0, 0.1) is 17.0 Å². The Morgan fingerprint density at radius 1 is 1.27 bits per heavy atom. The summed E-state index contributed by atoms with van der Waals surface area (Å²) in [6, 6.07) is 2.72. The Bertz CT molecular complexity index is 386. The summed E-state index contributed by atoms with van der Waals surface area (Å²) in [4.78, 5) is 0. The molecule has 0 amide bonds. The van der Waals surface area contributed by atoms with Crippen LogP contribution in [0.3, 0.4) is 0 Å². The van der Waals surface area contributed by atoms with Crippen molar-refractivity contribution in [3.05, 3.63) is 33.8 Å². The molecule has 0 spiro atoms. The van der Waals surface area contributed by atoms with Gasteiger partial charge in [0.25, 0.3) is 0 Å². The second kappa shape index (κ2) is 4.13. The van der Waals surface area contributed by atoms with Crippen molar-refractivity contribution in [1.29, 1.82) is 0 Å². The molecule has 4 heteroatoms. The van der Waals surface area contributed by atoms with Crippen LogP contribution in [0.25, 0.3) is 0 Å². The minimum atomic E-state index is -0.456. The van der Waals surface area contributed by atoms with Gasteiger partial charge in [-0.05, 0) is 52.7 Å². The van der Waals surface area contributed by atoms with E-state index in [1.165, 1.54) is 12.1 Å². The molecule has 0 heterocycles. The molecule has 0 aliphatic heterocycles. The summed E-state index contributed by atoms with van der Waals surface area (Å²) in [7, 11) is 0. The maximum Gasteiger partial charge on any atom is 0.143 e. The van der Waals surface area contributed by atoms with Gasteiger partial charge in [0.2, 0.25) is 0 Å². The lowest BCUT2D eigenvalue weighted by Crippen LogP contribution is -2.10. The average molecular weight is 340 g/mol. The molecular formula is C11H10Br2F2. The van der Waals surface area contributed by atoms with E-state index in [0.717, 1.165) is 18.2 Å². The standard InChI is InChI=1S/C11H10Br2F2/c12-6-11(3-4-11)5-7-9(14)2-1-8(13)10(7)15/h1-2H,3-6H2. The predicted octanol–water partition coefficient (Wildman–Crippen LogP) is 4.44. The molecule has 0 N–H and O–H groups in total. The third kappa shape index (κ3) is 2.26. The van der Waals surface area contributed by atoms with Gasteiger partial charge in [0.1, 0.15) is 11.6 Å². The van der Waals surface area contributed by atoms with Gasteiger partial charge in [0.15, 0.2) is 0 Å². The highest BCUT2D eigenvalue weighted by Gasteiger charge is 2.42. The Kier molecular flexibility index (Phi) is 3.17. The minimum absolute atomic E-state index is 0.0858. The van der Waals surface area contributed by atoms with E-state index in [2.05, 4.69) is 31.9 Å². The topological polar surface area (TPSA) is 0 Å². The smallest absolute Gasteiger partial charge is 0.143 e. The van der Waals surface area contributed by atoms with Gasteiger partial charge >= 0.3 is 0 Å². The van der Waals surface area contributed by atoms with Gasteiger partial charge in [-0.25, -0.2) is 8.78 Å². The molecule has 1 aromatic carbocycles. The van der Waals surface area contributed by atoms with Crippen LogP contribution < -0.4 is 0 Å². The molecule has 1 aromatic rings. The Labute approximate surface area is 104 Å². The van der Waals surface area contributed by atoms with Crippen LogP contribution in [-0.2, 0) is 6.42 Å². The van der Waals surface area contributed by atoms with E-state index in [1.54, 1.807) is 0 Å². The van der Waals surface area contributed by atoms with Crippen molar-refractivity contribution in [3.63, 3.8) is 0 Å². The normalized spacial score (nSPS) is 17.9. The Morgan fingerprint density at radius 3 is 2.47 bits per heavy atom. The van der Waals surface area contributed by atoms with Gasteiger partial charge in [-0.15, -0.1) is 0 Å². The molecule has 1 saturated carbocycles. The highest BCUT2D eigenvalue weighted by Crippen LogP contribution is 2.50.